The average molecular weight is 291 g/mol. The van der Waals surface area contributed by atoms with Crippen molar-refractivity contribution in [2.24, 2.45) is 0 Å². The standard InChI is InChI=1S/C16H21NO4/c1-21-13-7-5-6-12(10-13)11-15(18)17-9-4-2-3-8-14(17)16(19)20/h5-7,10,14H,2-4,8-9,11H2,1H3,(H,19,20). The quantitative estimate of drug-likeness (QED) is 0.922. The first kappa shape index (κ1) is 15.4. The molecule has 0 bridgehead atoms. The van der Waals surface area contributed by atoms with E-state index in [9.17, 15) is 14.7 Å². The zero-order valence-corrected chi connectivity index (χ0v) is 12.2. The number of benzene rings is 1. The van der Waals surface area contributed by atoms with Crippen LogP contribution in [-0.4, -0.2) is 41.6 Å². The number of nitrogens with zero attached hydrogens (tertiary/aromatic N) is 1. The number of hydrogen-bond acceptors (Lipinski definition) is 3. The van der Waals surface area contributed by atoms with Crippen LogP contribution >= 0.6 is 0 Å². The van der Waals surface area contributed by atoms with Crippen molar-refractivity contribution in [3.8, 4) is 5.75 Å². The van der Waals surface area contributed by atoms with E-state index in [1.807, 2.05) is 24.3 Å². The van der Waals surface area contributed by atoms with Crippen molar-refractivity contribution in [3.63, 3.8) is 0 Å². The molecule has 5 heteroatoms. The maximum absolute atomic E-state index is 12.5. The number of carboxylic acid groups (broad SMARTS) is 1. The molecule has 1 aromatic carbocycles. The minimum absolute atomic E-state index is 0.127. The second kappa shape index (κ2) is 7.11. The van der Waals surface area contributed by atoms with Crippen LogP contribution < -0.4 is 4.74 Å². The summed E-state index contributed by atoms with van der Waals surface area (Å²) in [7, 11) is 1.58. The van der Waals surface area contributed by atoms with Crippen molar-refractivity contribution < 1.29 is 19.4 Å². The SMILES string of the molecule is COc1cccc(CC(=O)N2CCCCCC2C(=O)O)c1. The maximum Gasteiger partial charge on any atom is 0.326 e. The van der Waals surface area contributed by atoms with Gasteiger partial charge in [0.05, 0.1) is 13.5 Å². The smallest absolute Gasteiger partial charge is 0.326 e. The second-order valence-corrected chi connectivity index (χ2v) is 5.32. The normalized spacial score (nSPS) is 18.9. The number of aliphatic carboxylic acids is 1. The van der Waals surface area contributed by atoms with E-state index in [0.717, 1.165) is 24.8 Å². The van der Waals surface area contributed by atoms with E-state index in [1.54, 1.807) is 7.11 Å². The van der Waals surface area contributed by atoms with Gasteiger partial charge in [0.2, 0.25) is 5.91 Å². The van der Waals surface area contributed by atoms with Crippen molar-refractivity contribution in [3.05, 3.63) is 29.8 Å². The molecule has 1 N–H and O–H groups in total. The minimum atomic E-state index is -0.907. The molecule has 21 heavy (non-hydrogen) atoms. The molecule has 1 atom stereocenters. The predicted octanol–water partition coefficient (Wildman–Crippen LogP) is 2.09. The number of rotatable bonds is 4. The summed E-state index contributed by atoms with van der Waals surface area (Å²) >= 11 is 0. The number of hydrogen-bond donors (Lipinski definition) is 1. The van der Waals surface area contributed by atoms with Crippen molar-refractivity contribution in [2.45, 2.75) is 38.1 Å². The molecule has 1 aliphatic rings. The first-order valence-corrected chi connectivity index (χ1v) is 7.27. The number of amides is 1. The summed E-state index contributed by atoms with van der Waals surface area (Å²) in [5.41, 5.74) is 0.840. The van der Waals surface area contributed by atoms with Crippen molar-refractivity contribution in [1.82, 2.24) is 4.90 Å². The van der Waals surface area contributed by atoms with E-state index in [4.69, 9.17) is 4.74 Å². The monoisotopic (exact) mass is 291 g/mol. The van der Waals surface area contributed by atoms with Gasteiger partial charge in [-0.15, -0.1) is 0 Å². The Morgan fingerprint density at radius 1 is 1.33 bits per heavy atom. The Bertz CT molecular complexity index is 515. The minimum Gasteiger partial charge on any atom is -0.497 e. The van der Waals surface area contributed by atoms with E-state index in [0.29, 0.717) is 18.7 Å². The highest BCUT2D eigenvalue weighted by molar-refractivity contribution is 5.85. The molecular formula is C16H21NO4. The van der Waals surface area contributed by atoms with Crippen LogP contribution in [0.4, 0.5) is 0 Å². The summed E-state index contributed by atoms with van der Waals surface area (Å²) < 4.78 is 5.14. The molecule has 1 aliphatic heterocycles. The Morgan fingerprint density at radius 3 is 2.86 bits per heavy atom. The van der Waals surface area contributed by atoms with Gasteiger partial charge in [-0.25, -0.2) is 4.79 Å². The third-order valence-corrected chi connectivity index (χ3v) is 3.85. The lowest BCUT2D eigenvalue weighted by molar-refractivity contribution is -0.150. The summed E-state index contributed by atoms with van der Waals surface area (Å²) in [5.74, 6) is -0.334. The third-order valence-electron chi connectivity index (χ3n) is 3.85. The molecule has 1 heterocycles. The number of methoxy groups -OCH3 is 1. The van der Waals surface area contributed by atoms with Crippen LogP contribution in [0.15, 0.2) is 24.3 Å². The predicted molar refractivity (Wildman–Crippen MR) is 78.3 cm³/mol. The van der Waals surface area contributed by atoms with Crippen LogP contribution in [0.25, 0.3) is 0 Å². The zero-order chi connectivity index (χ0) is 15.2. The lowest BCUT2D eigenvalue weighted by Crippen LogP contribution is -2.45. The largest absolute Gasteiger partial charge is 0.497 e. The van der Waals surface area contributed by atoms with Crippen molar-refractivity contribution in [1.29, 1.82) is 0 Å². The molecule has 0 radical (unpaired) electrons. The van der Waals surface area contributed by atoms with E-state index < -0.39 is 12.0 Å². The van der Waals surface area contributed by atoms with Gasteiger partial charge < -0.3 is 14.7 Å². The zero-order valence-electron chi connectivity index (χ0n) is 12.2. The Morgan fingerprint density at radius 2 is 2.14 bits per heavy atom. The fraction of sp³-hybridized carbons (Fsp3) is 0.500. The number of carboxylic acids is 1. The van der Waals surface area contributed by atoms with Crippen LogP contribution in [0.1, 0.15) is 31.2 Å². The summed E-state index contributed by atoms with van der Waals surface area (Å²) in [5, 5.41) is 9.32. The number of likely N-dealkylation sites (tertiary alicyclic amines) is 1. The molecule has 0 spiro atoms. The van der Waals surface area contributed by atoms with Gasteiger partial charge in [0, 0.05) is 6.54 Å². The van der Waals surface area contributed by atoms with Gasteiger partial charge in [0.1, 0.15) is 11.8 Å². The van der Waals surface area contributed by atoms with Crippen LogP contribution in [0.3, 0.4) is 0 Å². The van der Waals surface area contributed by atoms with E-state index in [1.165, 1.54) is 4.90 Å². The first-order valence-electron chi connectivity index (χ1n) is 7.27. The van der Waals surface area contributed by atoms with Gasteiger partial charge in [-0.3, -0.25) is 4.79 Å². The highest BCUT2D eigenvalue weighted by Gasteiger charge is 2.30. The fourth-order valence-electron chi connectivity index (χ4n) is 2.72. The van der Waals surface area contributed by atoms with Gasteiger partial charge in [-0.1, -0.05) is 25.0 Å². The summed E-state index contributed by atoms with van der Waals surface area (Å²) in [6, 6.07) is 6.63. The van der Waals surface area contributed by atoms with Crippen LogP contribution in [0.2, 0.25) is 0 Å². The molecule has 1 saturated heterocycles. The summed E-state index contributed by atoms with van der Waals surface area (Å²) in [6.45, 7) is 0.528. The second-order valence-electron chi connectivity index (χ2n) is 5.32. The molecule has 1 amide bonds. The van der Waals surface area contributed by atoms with E-state index >= 15 is 0 Å². The van der Waals surface area contributed by atoms with Gasteiger partial charge in [0.25, 0.3) is 0 Å². The van der Waals surface area contributed by atoms with Crippen molar-refractivity contribution >= 4 is 11.9 Å². The molecule has 0 aliphatic carbocycles. The van der Waals surface area contributed by atoms with Crippen molar-refractivity contribution in [2.75, 3.05) is 13.7 Å². The third kappa shape index (κ3) is 3.97. The Labute approximate surface area is 124 Å². The molecule has 114 valence electrons. The van der Waals surface area contributed by atoms with E-state index in [2.05, 4.69) is 0 Å². The average Bonchev–Trinajstić information content (AvgIpc) is 2.73. The van der Waals surface area contributed by atoms with E-state index in [-0.39, 0.29) is 12.3 Å². The lowest BCUT2D eigenvalue weighted by atomic mass is 10.1. The highest BCUT2D eigenvalue weighted by Crippen LogP contribution is 2.19. The van der Waals surface area contributed by atoms with Crippen LogP contribution in [0.5, 0.6) is 5.75 Å². The van der Waals surface area contributed by atoms with Crippen LogP contribution in [0, 0.1) is 0 Å². The topological polar surface area (TPSA) is 66.8 Å². The molecule has 5 nitrogen and oxygen atoms in total. The molecule has 0 saturated carbocycles. The Balaban J connectivity index is 2.10. The summed E-state index contributed by atoms with van der Waals surface area (Å²) in [6.07, 6.45) is 3.46. The maximum atomic E-state index is 12.5. The first-order chi connectivity index (χ1) is 10.1. The Hall–Kier alpha value is -2.04. The molecular weight excluding hydrogens is 270 g/mol. The van der Waals surface area contributed by atoms with Gasteiger partial charge in [0.15, 0.2) is 0 Å². The fourth-order valence-corrected chi connectivity index (χ4v) is 2.72. The van der Waals surface area contributed by atoms with Gasteiger partial charge in [-0.2, -0.15) is 0 Å². The number of ether oxygens (including phenoxy) is 1. The lowest BCUT2D eigenvalue weighted by Gasteiger charge is -2.27. The molecule has 1 fully saturated rings. The summed E-state index contributed by atoms with van der Waals surface area (Å²) in [4.78, 5) is 25.3. The number of carbonyl (C=O) groups is 2. The van der Waals surface area contributed by atoms with Crippen LogP contribution in [-0.2, 0) is 16.0 Å². The van der Waals surface area contributed by atoms with Gasteiger partial charge in [-0.05, 0) is 30.5 Å². The molecule has 2 rings (SSSR count). The molecule has 1 aromatic rings. The Kier molecular flexibility index (Phi) is 5.20. The van der Waals surface area contributed by atoms with Gasteiger partial charge >= 0.3 is 5.97 Å². The highest BCUT2D eigenvalue weighted by atomic mass is 16.5. The molecule has 1 unspecified atom stereocenters. The number of carbonyl (C=O) groups excluding carboxylic acids is 1. The molecule has 0 aromatic heterocycles.